The first-order valence-corrected chi connectivity index (χ1v) is 9.18. The SMILES string of the molecule is Cc1cc(Cl)c(C)c(S(=O)(=O)N2CC3CNCC3C2)c1Cl. The van der Waals surface area contributed by atoms with E-state index in [1.807, 2.05) is 0 Å². The lowest BCUT2D eigenvalue weighted by atomic mass is 10.0. The Morgan fingerprint density at radius 2 is 1.76 bits per heavy atom. The van der Waals surface area contributed by atoms with Crippen LogP contribution in [0.25, 0.3) is 0 Å². The van der Waals surface area contributed by atoms with Gasteiger partial charge >= 0.3 is 0 Å². The molecule has 2 unspecified atom stereocenters. The molecule has 0 bridgehead atoms. The highest BCUT2D eigenvalue weighted by atomic mass is 35.5. The molecule has 0 amide bonds. The Bertz CT molecular complexity index is 652. The predicted octanol–water partition coefficient (Wildman–Crippen LogP) is 2.45. The van der Waals surface area contributed by atoms with Crippen LogP contribution in [0.5, 0.6) is 0 Å². The Labute approximate surface area is 135 Å². The van der Waals surface area contributed by atoms with E-state index in [-0.39, 0.29) is 9.92 Å². The minimum Gasteiger partial charge on any atom is -0.316 e. The highest BCUT2D eigenvalue weighted by Crippen LogP contribution is 2.38. The average Bonchev–Trinajstić information content (AvgIpc) is 2.97. The molecule has 1 aromatic carbocycles. The summed E-state index contributed by atoms with van der Waals surface area (Å²) < 4.78 is 27.5. The van der Waals surface area contributed by atoms with Gasteiger partial charge in [0.1, 0.15) is 4.90 Å². The van der Waals surface area contributed by atoms with E-state index in [9.17, 15) is 8.42 Å². The highest BCUT2D eigenvalue weighted by Gasteiger charge is 2.42. The number of nitrogens with zero attached hydrogens (tertiary/aromatic N) is 1. The summed E-state index contributed by atoms with van der Waals surface area (Å²) >= 11 is 12.4. The van der Waals surface area contributed by atoms with Crippen LogP contribution >= 0.6 is 23.2 Å². The maximum Gasteiger partial charge on any atom is 0.244 e. The maximum absolute atomic E-state index is 13.0. The minimum atomic E-state index is -3.60. The number of benzene rings is 1. The number of sulfonamides is 1. The van der Waals surface area contributed by atoms with Crippen molar-refractivity contribution in [2.75, 3.05) is 26.2 Å². The lowest BCUT2D eigenvalue weighted by molar-refractivity contribution is 0.447. The molecule has 3 rings (SSSR count). The lowest BCUT2D eigenvalue weighted by Gasteiger charge is -2.21. The van der Waals surface area contributed by atoms with Crippen molar-refractivity contribution in [3.8, 4) is 0 Å². The fourth-order valence-electron chi connectivity index (χ4n) is 3.26. The molecule has 1 N–H and O–H groups in total. The first kappa shape index (κ1) is 15.6. The Morgan fingerprint density at radius 3 is 2.33 bits per heavy atom. The van der Waals surface area contributed by atoms with E-state index in [0.717, 1.165) is 13.1 Å². The van der Waals surface area contributed by atoms with Gasteiger partial charge in [-0.05, 0) is 56.0 Å². The van der Waals surface area contributed by atoms with Gasteiger partial charge in [-0.3, -0.25) is 0 Å². The summed E-state index contributed by atoms with van der Waals surface area (Å²) in [5, 5.41) is 4.03. The van der Waals surface area contributed by atoms with Gasteiger partial charge in [-0.25, -0.2) is 8.42 Å². The Morgan fingerprint density at radius 1 is 1.19 bits per heavy atom. The molecule has 0 spiro atoms. The van der Waals surface area contributed by atoms with Crippen LogP contribution in [-0.4, -0.2) is 38.9 Å². The molecular formula is C14H18Cl2N2O2S. The van der Waals surface area contributed by atoms with Gasteiger partial charge in [0, 0.05) is 18.1 Å². The molecule has 7 heteroatoms. The fourth-order valence-corrected chi connectivity index (χ4v) is 5.98. The average molecular weight is 349 g/mol. The van der Waals surface area contributed by atoms with Crippen LogP contribution in [0, 0.1) is 25.7 Å². The van der Waals surface area contributed by atoms with Crippen LogP contribution in [0.3, 0.4) is 0 Å². The number of hydrogen-bond donors (Lipinski definition) is 1. The number of hydrogen-bond acceptors (Lipinski definition) is 3. The van der Waals surface area contributed by atoms with Crippen LogP contribution < -0.4 is 5.32 Å². The van der Waals surface area contributed by atoms with Crippen LogP contribution in [0.2, 0.25) is 10.0 Å². The van der Waals surface area contributed by atoms with Crippen molar-refractivity contribution >= 4 is 33.2 Å². The normalized spacial score (nSPS) is 26.3. The second-order valence-electron chi connectivity index (χ2n) is 5.94. The third-order valence-corrected chi connectivity index (χ3v) is 7.54. The van der Waals surface area contributed by atoms with Crippen molar-refractivity contribution < 1.29 is 8.42 Å². The first-order chi connectivity index (χ1) is 9.82. The fraction of sp³-hybridized carbons (Fsp3) is 0.571. The van der Waals surface area contributed by atoms with Gasteiger partial charge in [-0.2, -0.15) is 4.31 Å². The number of fused-ring (bicyclic) bond motifs is 1. The standard InChI is InChI=1S/C14H18Cl2N2O2S/c1-8-3-12(15)9(2)14(13(8)16)21(19,20)18-6-10-4-17-5-11(10)7-18/h3,10-11,17H,4-7H2,1-2H3. The molecule has 4 nitrogen and oxygen atoms in total. The molecule has 0 radical (unpaired) electrons. The van der Waals surface area contributed by atoms with Crippen LogP contribution in [0.15, 0.2) is 11.0 Å². The minimum absolute atomic E-state index is 0.169. The molecule has 2 heterocycles. The molecular weight excluding hydrogens is 331 g/mol. The summed E-state index contributed by atoms with van der Waals surface area (Å²) in [5.41, 5.74) is 1.22. The van der Waals surface area contributed by atoms with E-state index in [1.165, 1.54) is 0 Å². The zero-order chi connectivity index (χ0) is 15.4. The van der Waals surface area contributed by atoms with Crippen molar-refractivity contribution in [2.45, 2.75) is 18.7 Å². The Balaban J connectivity index is 2.04. The van der Waals surface area contributed by atoms with Gasteiger partial charge in [0.15, 0.2) is 0 Å². The van der Waals surface area contributed by atoms with E-state index in [2.05, 4.69) is 5.32 Å². The molecule has 21 heavy (non-hydrogen) atoms. The molecule has 2 saturated heterocycles. The van der Waals surface area contributed by atoms with Gasteiger partial charge in [0.05, 0.1) is 5.02 Å². The monoisotopic (exact) mass is 348 g/mol. The van der Waals surface area contributed by atoms with Crippen molar-refractivity contribution in [3.63, 3.8) is 0 Å². The Kier molecular flexibility index (Phi) is 3.99. The third-order valence-electron chi connectivity index (χ3n) is 4.54. The number of nitrogens with one attached hydrogen (secondary N) is 1. The lowest BCUT2D eigenvalue weighted by Crippen LogP contribution is -2.32. The molecule has 2 fully saturated rings. The molecule has 2 aliphatic heterocycles. The second kappa shape index (κ2) is 5.39. The molecule has 0 aromatic heterocycles. The molecule has 1 aromatic rings. The van der Waals surface area contributed by atoms with E-state index >= 15 is 0 Å². The summed E-state index contributed by atoms with van der Waals surface area (Å²) in [6.07, 6.45) is 0. The maximum atomic E-state index is 13.0. The van der Waals surface area contributed by atoms with E-state index < -0.39 is 10.0 Å². The smallest absolute Gasteiger partial charge is 0.244 e. The topological polar surface area (TPSA) is 49.4 Å². The van der Waals surface area contributed by atoms with Crippen molar-refractivity contribution in [3.05, 3.63) is 27.2 Å². The van der Waals surface area contributed by atoms with E-state index in [1.54, 1.807) is 24.2 Å². The molecule has 2 aliphatic rings. The van der Waals surface area contributed by atoms with Gasteiger partial charge in [-0.1, -0.05) is 23.2 Å². The van der Waals surface area contributed by atoms with Crippen LogP contribution in [-0.2, 0) is 10.0 Å². The molecule has 0 aliphatic carbocycles. The number of rotatable bonds is 2. The first-order valence-electron chi connectivity index (χ1n) is 6.98. The highest BCUT2D eigenvalue weighted by molar-refractivity contribution is 7.89. The van der Waals surface area contributed by atoms with Crippen molar-refractivity contribution in [1.82, 2.24) is 9.62 Å². The quantitative estimate of drug-likeness (QED) is 0.892. The number of aryl methyl sites for hydroxylation is 1. The zero-order valence-electron chi connectivity index (χ0n) is 12.0. The molecule has 116 valence electrons. The predicted molar refractivity (Wildman–Crippen MR) is 84.5 cm³/mol. The van der Waals surface area contributed by atoms with Crippen molar-refractivity contribution in [2.24, 2.45) is 11.8 Å². The van der Waals surface area contributed by atoms with Crippen molar-refractivity contribution in [1.29, 1.82) is 0 Å². The third kappa shape index (κ3) is 2.49. The van der Waals surface area contributed by atoms with Crippen LogP contribution in [0.4, 0.5) is 0 Å². The van der Waals surface area contributed by atoms with Gasteiger partial charge in [0.25, 0.3) is 0 Å². The molecule has 0 saturated carbocycles. The summed E-state index contributed by atoms with van der Waals surface area (Å²) in [6.45, 7) is 6.37. The molecule has 2 atom stereocenters. The summed E-state index contributed by atoms with van der Waals surface area (Å²) in [6, 6.07) is 1.71. The largest absolute Gasteiger partial charge is 0.316 e. The van der Waals surface area contributed by atoms with Gasteiger partial charge in [0.2, 0.25) is 10.0 Å². The second-order valence-corrected chi connectivity index (χ2v) is 8.60. The van der Waals surface area contributed by atoms with E-state index in [0.29, 0.717) is 41.1 Å². The van der Waals surface area contributed by atoms with Gasteiger partial charge < -0.3 is 5.32 Å². The summed E-state index contributed by atoms with van der Waals surface area (Å²) in [7, 11) is -3.60. The summed E-state index contributed by atoms with van der Waals surface area (Å²) in [5.74, 6) is 0.804. The zero-order valence-corrected chi connectivity index (χ0v) is 14.3. The summed E-state index contributed by atoms with van der Waals surface area (Å²) in [4.78, 5) is 0.169. The Hall–Kier alpha value is -0.330. The van der Waals surface area contributed by atoms with Gasteiger partial charge in [-0.15, -0.1) is 0 Å². The van der Waals surface area contributed by atoms with Crippen LogP contribution in [0.1, 0.15) is 11.1 Å². The number of halogens is 2. The van der Waals surface area contributed by atoms with E-state index in [4.69, 9.17) is 23.2 Å².